The van der Waals surface area contributed by atoms with E-state index in [2.05, 4.69) is 5.32 Å². The smallest absolute Gasteiger partial charge is 0.239 e. The third kappa shape index (κ3) is 5.61. The maximum Gasteiger partial charge on any atom is 0.239 e. The van der Waals surface area contributed by atoms with Gasteiger partial charge >= 0.3 is 0 Å². The molecule has 0 unspecified atom stereocenters. The molecule has 0 heterocycles. The number of nitrogens with zero attached hydrogens (tertiary/aromatic N) is 1. The molecule has 4 nitrogen and oxygen atoms in total. The monoisotopic (exact) mass is 298 g/mol. The number of likely N-dealkylation sites (N-methyl/N-ethyl adjacent to an activating group) is 2. The normalized spacial score (nSPS) is 10.2. The number of hydrogen-bond donors (Lipinski definition) is 1. The molecule has 1 rings (SSSR count). The highest BCUT2D eigenvalue weighted by Crippen LogP contribution is 2.18. The molecule has 0 aliphatic heterocycles. The number of benzene rings is 1. The van der Waals surface area contributed by atoms with Crippen LogP contribution in [-0.4, -0.2) is 42.1 Å². The Balaban J connectivity index is 2.46. The summed E-state index contributed by atoms with van der Waals surface area (Å²) in [5.41, 5.74) is 0. The number of carbonyl (C=O) groups is 2. The first-order valence-electron chi connectivity index (χ1n) is 6.49. The number of halogens is 1. The van der Waals surface area contributed by atoms with Gasteiger partial charge in [-0.1, -0.05) is 0 Å². The van der Waals surface area contributed by atoms with E-state index in [0.29, 0.717) is 13.1 Å². The van der Waals surface area contributed by atoms with Gasteiger partial charge in [-0.2, -0.15) is 0 Å². The average Bonchev–Trinajstić information content (AvgIpc) is 2.44. The van der Waals surface area contributed by atoms with Gasteiger partial charge in [0, 0.05) is 18.0 Å². The molecule has 1 aromatic rings. The fraction of sp³-hybridized carbons (Fsp3) is 0.429. The maximum atomic E-state index is 12.8. The average molecular weight is 298 g/mol. The Labute approximate surface area is 122 Å². The van der Waals surface area contributed by atoms with Gasteiger partial charge in [0.2, 0.25) is 11.8 Å². The molecular weight excluding hydrogens is 279 g/mol. The maximum absolute atomic E-state index is 12.8. The van der Waals surface area contributed by atoms with Crippen LogP contribution in [0.3, 0.4) is 0 Å². The lowest BCUT2D eigenvalue weighted by Crippen LogP contribution is -2.41. The predicted octanol–water partition coefficient (Wildman–Crippen LogP) is 1.90. The lowest BCUT2D eigenvalue weighted by atomic mass is 10.4. The SMILES string of the molecule is CCNC(=O)CN(CC)C(=O)CSc1ccc(F)cc1. The van der Waals surface area contributed by atoms with Gasteiger partial charge in [0.1, 0.15) is 5.82 Å². The molecule has 0 saturated carbocycles. The second kappa shape index (κ2) is 8.58. The molecule has 0 aromatic heterocycles. The van der Waals surface area contributed by atoms with Crippen LogP contribution < -0.4 is 5.32 Å². The second-order valence-corrected chi connectivity index (χ2v) is 5.15. The molecule has 20 heavy (non-hydrogen) atoms. The van der Waals surface area contributed by atoms with E-state index in [-0.39, 0.29) is 29.9 Å². The molecule has 0 bridgehead atoms. The van der Waals surface area contributed by atoms with E-state index in [1.165, 1.54) is 28.8 Å². The minimum atomic E-state index is -0.299. The summed E-state index contributed by atoms with van der Waals surface area (Å²) in [4.78, 5) is 25.8. The molecule has 0 radical (unpaired) electrons. The van der Waals surface area contributed by atoms with Gasteiger partial charge < -0.3 is 10.2 Å². The first-order chi connectivity index (χ1) is 9.56. The standard InChI is InChI=1S/C14H19FN2O2S/c1-3-16-13(18)9-17(4-2)14(19)10-20-12-7-5-11(15)6-8-12/h5-8H,3-4,9-10H2,1-2H3,(H,16,18). The third-order valence-corrected chi connectivity index (χ3v) is 3.62. The van der Waals surface area contributed by atoms with E-state index in [1.54, 1.807) is 12.1 Å². The molecule has 0 fully saturated rings. The summed E-state index contributed by atoms with van der Waals surface area (Å²) in [7, 11) is 0. The van der Waals surface area contributed by atoms with Crippen molar-refractivity contribution in [2.24, 2.45) is 0 Å². The van der Waals surface area contributed by atoms with Gasteiger partial charge in [-0.25, -0.2) is 4.39 Å². The molecule has 6 heteroatoms. The minimum Gasteiger partial charge on any atom is -0.355 e. The van der Waals surface area contributed by atoms with Crippen LogP contribution in [0.4, 0.5) is 4.39 Å². The van der Waals surface area contributed by atoms with Gasteiger partial charge in [-0.15, -0.1) is 11.8 Å². The van der Waals surface area contributed by atoms with Crippen molar-refractivity contribution >= 4 is 23.6 Å². The summed E-state index contributed by atoms with van der Waals surface area (Å²) in [6, 6.07) is 5.99. The van der Waals surface area contributed by atoms with Crippen molar-refractivity contribution in [2.45, 2.75) is 18.7 Å². The molecule has 2 amide bonds. The van der Waals surface area contributed by atoms with E-state index >= 15 is 0 Å². The van der Waals surface area contributed by atoms with E-state index in [1.807, 2.05) is 13.8 Å². The van der Waals surface area contributed by atoms with Crippen LogP contribution in [-0.2, 0) is 9.59 Å². The summed E-state index contributed by atoms with van der Waals surface area (Å²) < 4.78 is 12.8. The predicted molar refractivity (Wildman–Crippen MR) is 78.1 cm³/mol. The molecular formula is C14H19FN2O2S. The van der Waals surface area contributed by atoms with Crippen LogP contribution in [0.1, 0.15) is 13.8 Å². The van der Waals surface area contributed by atoms with E-state index in [9.17, 15) is 14.0 Å². The van der Waals surface area contributed by atoms with Crippen molar-refractivity contribution in [1.29, 1.82) is 0 Å². The molecule has 0 aliphatic rings. The second-order valence-electron chi connectivity index (χ2n) is 4.10. The highest BCUT2D eigenvalue weighted by atomic mass is 32.2. The Morgan fingerprint density at radius 1 is 1.25 bits per heavy atom. The van der Waals surface area contributed by atoms with E-state index in [0.717, 1.165) is 4.90 Å². The number of hydrogen-bond acceptors (Lipinski definition) is 3. The zero-order chi connectivity index (χ0) is 15.0. The minimum absolute atomic E-state index is 0.0765. The van der Waals surface area contributed by atoms with Crippen LogP contribution in [0, 0.1) is 5.82 Å². The number of rotatable bonds is 7. The largest absolute Gasteiger partial charge is 0.355 e. The van der Waals surface area contributed by atoms with Crippen molar-refractivity contribution in [1.82, 2.24) is 10.2 Å². The molecule has 0 atom stereocenters. The number of nitrogens with one attached hydrogen (secondary N) is 1. The van der Waals surface area contributed by atoms with Crippen molar-refractivity contribution in [3.05, 3.63) is 30.1 Å². The van der Waals surface area contributed by atoms with E-state index in [4.69, 9.17) is 0 Å². The third-order valence-electron chi connectivity index (χ3n) is 2.62. The van der Waals surface area contributed by atoms with Crippen LogP contribution in [0.25, 0.3) is 0 Å². The fourth-order valence-corrected chi connectivity index (χ4v) is 2.37. The molecule has 0 aliphatic carbocycles. The van der Waals surface area contributed by atoms with Gasteiger partial charge in [0.25, 0.3) is 0 Å². The van der Waals surface area contributed by atoms with Gasteiger partial charge in [-0.3, -0.25) is 9.59 Å². The number of amides is 2. The van der Waals surface area contributed by atoms with Gasteiger partial charge in [0.15, 0.2) is 0 Å². The van der Waals surface area contributed by atoms with Crippen LogP contribution in [0.2, 0.25) is 0 Å². The summed E-state index contributed by atoms with van der Waals surface area (Å²) in [5, 5.41) is 2.66. The first-order valence-corrected chi connectivity index (χ1v) is 7.48. The summed E-state index contributed by atoms with van der Waals surface area (Å²) in [6.45, 7) is 4.78. The van der Waals surface area contributed by atoms with Crippen molar-refractivity contribution in [3.63, 3.8) is 0 Å². The van der Waals surface area contributed by atoms with Crippen LogP contribution >= 0.6 is 11.8 Å². The molecule has 0 spiro atoms. The summed E-state index contributed by atoms with van der Waals surface area (Å²) >= 11 is 1.33. The number of carbonyl (C=O) groups excluding carboxylic acids is 2. The van der Waals surface area contributed by atoms with Crippen molar-refractivity contribution < 1.29 is 14.0 Å². The Morgan fingerprint density at radius 2 is 1.90 bits per heavy atom. The number of thioether (sulfide) groups is 1. The quantitative estimate of drug-likeness (QED) is 0.782. The first kappa shape index (κ1) is 16.5. The van der Waals surface area contributed by atoms with Gasteiger partial charge in [0.05, 0.1) is 12.3 Å². The lowest BCUT2D eigenvalue weighted by Gasteiger charge is -2.20. The highest BCUT2D eigenvalue weighted by molar-refractivity contribution is 8.00. The summed E-state index contributed by atoms with van der Waals surface area (Å²) in [6.07, 6.45) is 0. The topological polar surface area (TPSA) is 49.4 Å². The van der Waals surface area contributed by atoms with Crippen LogP contribution in [0.5, 0.6) is 0 Å². The molecule has 1 N–H and O–H groups in total. The molecule has 110 valence electrons. The van der Waals surface area contributed by atoms with Crippen molar-refractivity contribution in [2.75, 3.05) is 25.4 Å². The molecule has 1 aromatic carbocycles. The Hall–Kier alpha value is -1.56. The molecule has 0 saturated heterocycles. The lowest BCUT2D eigenvalue weighted by molar-refractivity contribution is -0.133. The van der Waals surface area contributed by atoms with E-state index < -0.39 is 0 Å². The Kier molecular flexibility index (Phi) is 7.08. The Morgan fingerprint density at radius 3 is 2.45 bits per heavy atom. The fourth-order valence-electron chi connectivity index (χ4n) is 1.57. The Bertz CT molecular complexity index is 451. The van der Waals surface area contributed by atoms with Gasteiger partial charge in [-0.05, 0) is 38.1 Å². The summed E-state index contributed by atoms with van der Waals surface area (Å²) in [5.74, 6) is -0.326. The van der Waals surface area contributed by atoms with Crippen LogP contribution in [0.15, 0.2) is 29.2 Å². The zero-order valence-corrected chi connectivity index (χ0v) is 12.5. The van der Waals surface area contributed by atoms with Crippen molar-refractivity contribution in [3.8, 4) is 0 Å². The zero-order valence-electron chi connectivity index (χ0n) is 11.7. The highest BCUT2D eigenvalue weighted by Gasteiger charge is 2.15.